The molecule has 1 atom stereocenters. The highest BCUT2D eigenvalue weighted by atomic mass is 16.4. The number of hydrogen-bond acceptors (Lipinski definition) is 1. The minimum absolute atomic E-state index is 0.174. The molecule has 17 heavy (non-hydrogen) atoms. The maximum Gasteiger partial charge on any atom is 0.331 e. The van der Waals surface area contributed by atoms with Gasteiger partial charge in [-0.15, -0.1) is 0 Å². The van der Waals surface area contributed by atoms with Crippen molar-refractivity contribution in [2.45, 2.75) is 53.4 Å². The normalized spacial score (nSPS) is 24.4. The summed E-state index contributed by atoms with van der Waals surface area (Å²) in [6.45, 7) is 8.60. The van der Waals surface area contributed by atoms with Crippen LogP contribution < -0.4 is 0 Å². The van der Waals surface area contributed by atoms with Crippen LogP contribution in [0.15, 0.2) is 23.3 Å². The lowest BCUT2D eigenvalue weighted by atomic mass is 9.68. The first kappa shape index (κ1) is 14.0. The molecule has 1 aliphatic carbocycles. The van der Waals surface area contributed by atoms with Gasteiger partial charge in [-0.3, -0.25) is 0 Å². The molecule has 0 saturated heterocycles. The molecule has 0 aromatic rings. The predicted octanol–water partition coefficient (Wildman–Crippen LogP) is 4.18. The number of carboxylic acid groups (broad SMARTS) is 1. The van der Waals surface area contributed by atoms with E-state index >= 15 is 0 Å². The van der Waals surface area contributed by atoms with Crippen LogP contribution in [0, 0.1) is 11.3 Å². The summed E-state index contributed by atoms with van der Waals surface area (Å²) in [4.78, 5) is 11.2. The molecule has 0 saturated carbocycles. The molecule has 0 aliphatic heterocycles. The van der Waals surface area contributed by atoms with Crippen LogP contribution in [0.1, 0.15) is 53.4 Å². The van der Waals surface area contributed by atoms with Gasteiger partial charge in [-0.1, -0.05) is 44.9 Å². The molecule has 0 aromatic heterocycles. The molecule has 0 fully saturated rings. The highest BCUT2D eigenvalue weighted by Gasteiger charge is 2.31. The van der Waals surface area contributed by atoms with Gasteiger partial charge in [0.1, 0.15) is 0 Å². The second kappa shape index (κ2) is 5.52. The van der Waals surface area contributed by atoms with Gasteiger partial charge in [0.15, 0.2) is 0 Å². The van der Waals surface area contributed by atoms with E-state index in [1.165, 1.54) is 5.57 Å². The van der Waals surface area contributed by atoms with Crippen LogP contribution in [0.25, 0.3) is 0 Å². The van der Waals surface area contributed by atoms with E-state index < -0.39 is 5.97 Å². The number of hydrogen-bond donors (Lipinski definition) is 1. The number of carbonyl (C=O) groups is 1. The topological polar surface area (TPSA) is 37.3 Å². The van der Waals surface area contributed by atoms with Crippen LogP contribution in [0.4, 0.5) is 0 Å². The van der Waals surface area contributed by atoms with Crippen LogP contribution in [0.3, 0.4) is 0 Å². The zero-order valence-corrected chi connectivity index (χ0v) is 11.4. The Bertz CT molecular complexity index is 348. The smallest absolute Gasteiger partial charge is 0.331 e. The van der Waals surface area contributed by atoms with Gasteiger partial charge in [-0.05, 0) is 31.6 Å². The van der Waals surface area contributed by atoms with Crippen LogP contribution in [-0.2, 0) is 4.79 Å². The number of aliphatic carboxylic acids is 1. The lowest BCUT2D eigenvalue weighted by Crippen LogP contribution is -2.27. The van der Waals surface area contributed by atoms with Gasteiger partial charge in [0.05, 0.1) is 0 Å². The SMILES string of the molecule is CCCC(=CC1C(C)=CCCC1(C)C)C(=O)O. The second-order valence-corrected chi connectivity index (χ2v) is 5.70. The van der Waals surface area contributed by atoms with Crippen molar-refractivity contribution in [3.8, 4) is 0 Å². The van der Waals surface area contributed by atoms with Crippen molar-refractivity contribution in [3.63, 3.8) is 0 Å². The van der Waals surface area contributed by atoms with E-state index in [9.17, 15) is 9.90 Å². The summed E-state index contributed by atoms with van der Waals surface area (Å²) in [6.07, 6.45) is 8.02. The predicted molar refractivity (Wildman–Crippen MR) is 70.9 cm³/mol. The monoisotopic (exact) mass is 236 g/mol. The molecule has 0 heterocycles. The Balaban J connectivity index is 3.03. The third-order valence-corrected chi connectivity index (χ3v) is 3.75. The molecule has 0 spiro atoms. The Morgan fingerprint density at radius 3 is 2.71 bits per heavy atom. The van der Waals surface area contributed by atoms with Crippen molar-refractivity contribution in [2.75, 3.05) is 0 Å². The molecular weight excluding hydrogens is 212 g/mol. The van der Waals surface area contributed by atoms with Crippen molar-refractivity contribution in [3.05, 3.63) is 23.3 Å². The zero-order valence-electron chi connectivity index (χ0n) is 11.4. The summed E-state index contributed by atoms with van der Waals surface area (Å²) in [7, 11) is 0. The summed E-state index contributed by atoms with van der Waals surface area (Å²) in [5.41, 5.74) is 2.06. The Labute approximate surface area is 104 Å². The molecule has 1 rings (SSSR count). The third-order valence-electron chi connectivity index (χ3n) is 3.75. The average molecular weight is 236 g/mol. The molecule has 2 nitrogen and oxygen atoms in total. The second-order valence-electron chi connectivity index (χ2n) is 5.70. The van der Waals surface area contributed by atoms with E-state index in [1.54, 1.807) is 0 Å². The fourth-order valence-electron chi connectivity index (χ4n) is 2.66. The molecule has 2 heteroatoms. The van der Waals surface area contributed by atoms with E-state index in [-0.39, 0.29) is 11.3 Å². The molecular formula is C15H24O2. The summed E-state index contributed by atoms with van der Waals surface area (Å²) in [5.74, 6) is -0.491. The summed E-state index contributed by atoms with van der Waals surface area (Å²) >= 11 is 0. The van der Waals surface area contributed by atoms with Crippen LogP contribution in [0.5, 0.6) is 0 Å². The number of carboxylic acids is 1. The Morgan fingerprint density at radius 2 is 2.24 bits per heavy atom. The minimum Gasteiger partial charge on any atom is -0.478 e. The standard InChI is InChI=1S/C15H24O2/c1-5-7-12(14(16)17)10-13-11(2)8-6-9-15(13,3)4/h8,10,13H,5-7,9H2,1-4H3,(H,16,17). The van der Waals surface area contributed by atoms with Gasteiger partial charge in [0.2, 0.25) is 0 Å². The van der Waals surface area contributed by atoms with Crippen LogP contribution >= 0.6 is 0 Å². The summed E-state index contributed by atoms with van der Waals surface area (Å²) in [6, 6.07) is 0. The van der Waals surface area contributed by atoms with Gasteiger partial charge in [0.25, 0.3) is 0 Å². The molecule has 0 radical (unpaired) electrons. The molecule has 0 bridgehead atoms. The quantitative estimate of drug-likeness (QED) is 0.587. The zero-order chi connectivity index (χ0) is 13.1. The first-order valence-corrected chi connectivity index (χ1v) is 6.49. The third kappa shape index (κ3) is 3.45. The van der Waals surface area contributed by atoms with Gasteiger partial charge in [0, 0.05) is 11.5 Å². The lowest BCUT2D eigenvalue weighted by Gasteiger charge is -2.37. The van der Waals surface area contributed by atoms with Gasteiger partial charge in [-0.2, -0.15) is 0 Å². The van der Waals surface area contributed by atoms with Crippen molar-refractivity contribution in [1.82, 2.24) is 0 Å². The summed E-state index contributed by atoms with van der Waals surface area (Å²) in [5, 5.41) is 9.20. The van der Waals surface area contributed by atoms with Gasteiger partial charge in [-0.25, -0.2) is 4.79 Å². The average Bonchev–Trinajstić information content (AvgIpc) is 2.21. The van der Waals surface area contributed by atoms with Crippen LogP contribution in [-0.4, -0.2) is 11.1 Å². The molecule has 96 valence electrons. The molecule has 1 aliphatic rings. The molecule has 0 amide bonds. The van der Waals surface area contributed by atoms with E-state index in [4.69, 9.17) is 0 Å². The fourth-order valence-corrected chi connectivity index (χ4v) is 2.66. The molecule has 1 N–H and O–H groups in total. The highest BCUT2D eigenvalue weighted by molar-refractivity contribution is 5.86. The first-order chi connectivity index (χ1) is 7.88. The molecule has 1 unspecified atom stereocenters. The van der Waals surface area contributed by atoms with Crippen molar-refractivity contribution >= 4 is 5.97 Å². The fraction of sp³-hybridized carbons (Fsp3) is 0.667. The largest absolute Gasteiger partial charge is 0.478 e. The Kier molecular flexibility index (Phi) is 4.55. The van der Waals surface area contributed by atoms with E-state index in [0.717, 1.165) is 19.3 Å². The minimum atomic E-state index is -0.763. The van der Waals surface area contributed by atoms with Gasteiger partial charge >= 0.3 is 5.97 Å². The van der Waals surface area contributed by atoms with E-state index in [0.29, 0.717) is 12.0 Å². The van der Waals surface area contributed by atoms with Crippen LogP contribution in [0.2, 0.25) is 0 Å². The van der Waals surface area contributed by atoms with E-state index in [1.807, 2.05) is 13.0 Å². The lowest BCUT2D eigenvalue weighted by molar-refractivity contribution is -0.132. The molecule has 0 aromatic carbocycles. The maximum absolute atomic E-state index is 11.2. The van der Waals surface area contributed by atoms with Crippen molar-refractivity contribution in [1.29, 1.82) is 0 Å². The Morgan fingerprint density at radius 1 is 1.59 bits per heavy atom. The van der Waals surface area contributed by atoms with Crippen molar-refractivity contribution < 1.29 is 9.90 Å². The highest BCUT2D eigenvalue weighted by Crippen LogP contribution is 2.42. The maximum atomic E-state index is 11.2. The summed E-state index contributed by atoms with van der Waals surface area (Å²) < 4.78 is 0. The Hall–Kier alpha value is -1.05. The van der Waals surface area contributed by atoms with Gasteiger partial charge < -0.3 is 5.11 Å². The van der Waals surface area contributed by atoms with Crippen molar-refractivity contribution in [2.24, 2.45) is 11.3 Å². The number of rotatable bonds is 4. The first-order valence-electron chi connectivity index (χ1n) is 6.49. The van der Waals surface area contributed by atoms with E-state index in [2.05, 4.69) is 26.8 Å². The number of allylic oxidation sites excluding steroid dienone is 3.